The molecule has 3 amide bonds. The number of nitrogens with zero attached hydrogens (tertiary/aromatic N) is 5. The number of fused-ring (bicyclic) bond motifs is 1. The van der Waals surface area contributed by atoms with E-state index in [2.05, 4.69) is 15.1 Å². The number of aromatic nitrogens is 2. The van der Waals surface area contributed by atoms with E-state index in [1.54, 1.807) is 11.6 Å². The lowest BCUT2D eigenvalue weighted by Crippen LogP contribution is -2.49. The third-order valence-electron chi connectivity index (χ3n) is 8.11. The minimum Gasteiger partial charge on any atom is -0.444 e. The predicted molar refractivity (Wildman–Crippen MR) is 148 cm³/mol. The van der Waals surface area contributed by atoms with Gasteiger partial charge >= 0.3 is 11.8 Å². The normalized spacial score (nSPS) is 21.9. The average Bonchev–Trinajstić information content (AvgIpc) is 3.13. The van der Waals surface area contributed by atoms with Crippen LogP contribution in [0, 0.1) is 5.92 Å². The van der Waals surface area contributed by atoms with E-state index in [0.29, 0.717) is 17.9 Å². The second-order valence-electron chi connectivity index (χ2n) is 12.0. The number of carbonyl (C=O) groups is 3. The van der Waals surface area contributed by atoms with Crippen molar-refractivity contribution in [2.24, 2.45) is 13.0 Å². The van der Waals surface area contributed by atoms with Gasteiger partial charge in [-0.25, -0.2) is 9.59 Å². The number of imidazole rings is 1. The van der Waals surface area contributed by atoms with Crippen LogP contribution in [-0.2, 0) is 21.4 Å². The molecule has 0 spiro atoms. The van der Waals surface area contributed by atoms with Crippen molar-refractivity contribution < 1.29 is 19.1 Å². The van der Waals surface area contributed by atoms with Gasteiger partial charge in [-0.2, -0.15) is 0 Å². The van der Waals surface area contributed by atoms with Crippen molar-refractivity contribution in [3.8, 4) is 0 Å². The highest BCUT2D eigenvalue weighted by atomic mass is 16.6. The first kappa shape index (κ1) is 27.2. The number of piperazine rings is 1. The lowest BCUT2D eigenvalue weighted by atomic mass is 9.96. The summed E-state index contributed by atoms with van der Waals surface area (Å²) >= 11 is 0. The minimum atomic E-state index is -0.677. The Hall–Kier alpha value is -3.34. The lowest BCUT2D eigenvalue weighted by molar-refractivity contribution is -0.135. The van der Waals surface area contributed by atoms with Crippen LogP contribution in [0.25, 0.3) is 11.0 Å². The number of imide groups is 1. The number of ether oxygens (including phenoxy) is 1. The number of benzene rings is 1. The molecule has 1 unspecified atom stereocenters. The molecule has 212 valence electrons. The number of rotatable bonds is 4. The molecule has 1 aromatic heterocycles. The molecule has 0 bridgehead atoms. The zero-order valence-electron chi connectivity index (χ0n) is 23.4. The van der Waals surface area contributed by atoms with Crippen LogP contribution in [0.3, 0.4) is 0 Å². The molecule has 11 nitrogen and oxygen atoms in total. The topological polar surface area (TPSA) is 109 Å². The van der Waals surface area contributed by atoms with E-state index in [0.717, 1.165) is 69.9 Å². The van der Waals surface area contributed by atoms with E-state index in [4.69, 9.17) is 4.74 Å². The van der Waals surface area contributed by atoms with Crippen LogP contribution in [0.1, 0.15) is 52.5 Å². The smallest absolute Gasteiger partial charge is 0.410 e. The first-order chi connectivity index (χ1) is 18.5. The van der Waals surface area contributed by atoms with E-state index in [1.807, 2.05) is 43.9 Å². The molecule has 2 aromatic rings. The zero-order valence-corrected chi connectivity index (χ0v) is 23.4. The maximum absolute atomic E-state index is 13.1. The molecular formula is C28H40N6O5. The van der Waals surface area contributed by atoms with E-state index in [9.17, 15) is 19.2 Å². The largest absolute Gasteiger partial charge is 0.444 e. The van der Waals surface area contributed by atoms with Crippen molar-refractivity contribution in [1.82, 2.24) is 24.3 Å². The second-order valence-corrected chi connectivity index (χ2v) is 12.0. The van der Waals surface area contributed by atoms with Gasteiger partial charge in [-0.3, -0.25) is 28.9 Å². The van der Waals surface area contributed by atoms with Crippen LogP contribution in [-0.4, -0.2) is 88.3 Å². The molecule has 1 aromatic carbocycles. The fraction of sp³-hybridized carbons (Fsp3) is 0.643. The van der Waals surface area contributed by atoms with E-state index >= 15 is 0 Å². The Bertz CT molecular complexity index is 1310. The van der Waals surface area contributed by atoms with Crippen molar-refractivity contribution in [2.75, 3.05) is 50.7 Å². The molecule has 3 fully saturated rings. The molecule has 4 heterocycles. The summed E-state index contributed by atoms with van der Waals surface area (Å²) in [6.45, 7) is 11.9. The number of piperidine rings is 2. The maximum Gasteiger partial charge on any atom is 0.410 e. The first-order valence-corrected chi connectivity index (χ1v) is 14.0. The third kappa shape index (κ3) is 5.83. The van der Waals surface area contributed by atoms with Gasteiger partial charge in [0.15, 0.2) is 0 Å². The molecule has 3 saturated heterocycles. The number of amides is 3. The highest BCUT2D eigenvalue weighted by molar-refractivity contribution is 6.00. The highest BCUT2D eigenvalue weighted by Crippen LogP contribution is 2.28. The van der Waals surface area contributed by atoms with Crippen LogP contribution >= 0.6 is 0 Å². The number of likely N-dealkylation sites (tertiary alicyclic amines) is 1. The third-order valence-corrected chi connectivity index (χ3v) is 8.11. The van der Waals surface area contributed by atoms with E-state index in [-0.39, 0.29) is 24.1 Å². The summed E-state index contributed by atoms with van der Waals surface area (Å²) in [5.41, 5.74) is 1.83. The molecule has 5 rings (SSSR count). The molecule has 0 aliphatic carbocycles. The van der Waals surface area contributed by atoms with Crippen LogP contribution in [0.5, 0.6) is 0 Å². The van der Waals surface area contributed by atoms with Crippen LogP contribution in [0.2, 0.25) is 0 Å². The number of nitrogens with one attached hydrogen (secondary N) is 1. The summed E-state index contributed by atoms with van der Waals surface area (Å²) in [4.78, 5) is 56.1. The Morgan fingerprint density at radius 1 is 0.974 bits per heavy atom. The van der Waals surface area contributed by atoms with E-state index in [1.165, 1.54) is 4.57 Å². The molecule has 1 N–H and O–H groups in total. The monoisotopic (exact) mass is 540 g/mol. The van der Waals surface area contributed by atoms with Crippen LogP contribution in [0.4, 0.5) is 10.5 Å². The molecule has 1 atom stereocenters. The second kappa shape index (κ2) is 10.7. The van der Waals surface area contributed by atoms with Gasteiger partial charge in [-0.15, -0.1) is 0 Å². The number of carbonyl (C=O) groups excluding carboxylic acids is 3. The minimum absolute atomic E-state index is 0.212. The van der Waals surface area contributed by atoms with Gasteiger partial charge in [0.2, 0.25) is 11.8 Å². The lowest BCUT2D eigenvalue weighted by Gasteiger charge is -2.39. The summed E-state index contributed by atoms with van der Waals surface area (Å²) in [6, 6.07) is 5.29. The van der Waals surface area contributed by atoms with Gasteiger partial charge < -0.3 is 14.5 Å². The van der Waals surface area contributed by atoms with Crippen LogP contribution in [0.15, 0.2) is 23.0 Å². The van der Waals surface area contributed by atoms with Crippen molar-refractivity contribution in [2.45, 2.75) is 58.1 Å². The molecule has 0 radical (unpaired) electrons. The maximum atomic E-state index is 13.1. The standard InChI is InChI=1S/C28H40N6O5/c1-28(2,3)39-27(38)33-11-9-19(10-12-33)18-31-13-15-32(16-14-31)20-5-6-21-23(17-20)30(4)26(37)34(21)22-7-8-24(35)29-25(22)36/h5-6,17,19,22H,7-16,18H2,1-4H3,(H,29,35,36). The Kier molecular flexibility index (Phi) is 7.45. The van der Waals surface area contributed by atoms with Crippen molar-refractivity contribution in [1.29, 1.82) is 0 Å². The van der Waals surface area contributed by atoms with Gasteiger partial charge in [-0.05, 0) is 64.2 Å². The van der Waals surface area contributed by atoms with Crippen molar-refractivity contribution in [3.05, 3.63) is 28.7 Å². The van der Waals surface area contributed by atoms with Gasteiger partial charge in [0.1, 0.15) is 11.6 Å². The van der Waals surface area contributed by atoms with Crippen molar-refractivity contribution in [3.63, 3.8) is 0 Å². The van der Waals surface area contributed by atoms with Gasteiger partial charge in [0.25, 0.3) is 0 Å². The summed E-state index contributed by atoms with van der Waals surface area (Å²) < 4.78 is 8.63. The number of hydrogen-bond donors (Lipinski definition) is 1. The number of hydrogen-bond acceptors (Lipinski definition) is 7. The molecule has 0 saturated carbocycles. The Morgan fingerprint density at radius 2 is 1.67 bits per heavy atom. The zero-order chi connectivity index (χ0) is 27.9. The van der Waals surface area contributed by atoms with Gasteiger partial charge in [-0.1, -0.05) is 0 Å². The number of anilines is 1. The Balaban J connectivity index is 1.17. The molecule has 3 aliphatic heterocycles. The van der Waals surface area contributed by atoms with Gasteiger partial charge in [0.05, 0.1) is 11.0 Å². The van der Waals surface area contributed by atoms with Crippen LogP contribution < -0.4 is 15.9 Å². The van der Waals surface area contributed by atoms with E-state index < -0.39 is 17.6 Å². The van der Waals surface area contributed by atoms with Crippen molar-refractivity contribution >= 4 is 34.6 Å². The quantitative estimate of drug-likeness (QED) is 0.592. The first-order valence-electron chi connectivity index (χ1n) is 14.0. The predicted octanol–water partition coefficient (Wildman–Crippen LogP) is 2.09. The summed E-state index contributed by atoms with van der Waals surface area (Å²) in [7, 11) is 1.73. The fourth-order valence-electron chi connectivity index (χ4n) is 5.96. The molecule has 39 heavy (non-hydrogen) atoms. The molecule has 3 aliphatic rings. The summed E-state index contributed by atoms with van der Waals surface area (Å²) in [6.07, 6.45) is 2.33. The molecule has 11 heteroatoms. The Labute approximate surface area is 228 Å². The average molecular weight is 541 g/mol. The SMILES string of the molecule is Cn1c(=O)n(C2CCC(=O)NC2=O)c2ccc(N3CCN(CC4CCN(C(=O)OC(C)(C)C)CC4)CC3)cc21. The fourth-order valence-corrected chi connectivity index (χ4v) is 5.96. The molecular weight excluding hydrogens is 500 g/mol. The summed E-state index contributed by atoms with van der Waals surface area (Å²) in [5.74, 6) is -0.137. The number of aryl methyl sites for hydroxylation is 1. The Morgan fingerprint density at radius 3 is 2.31 bits per heavy atom. The highest BCUT2D eigenvalue weighted by Gasteiger charge is 2.32. The van der Waals surface area contributed by atoms with Gasteiger partial charge in [0, 0.05) is 65.0 Å². The summed E-state index contributed by atoms with van der Waals surface area (Å²) in [5, 5.41) is 2.36.